The molecule has 1 saturated carbocycles. The molecule has 1 aromatic rings. The maximum Gasteiger partial charge on any atom is 0.0963 e. The van der Waals surface area contributed by atoms with Gasteiger partial charge in [-0.05, 0) is 37.2 Å². The van der Waals surface area contributed by atoms with E-state index in [0.29, 0.717) is 0 Å². The molecule has 0 spiro atoms. The highest BCUT2D eigenvalue weighted by atomic mass is 16.3. The summed E-state index contributed by atoms with van der Waals surface area (Å²) in [6.07, 6.45) is 7.29. The van der Waals surface area contributed by atoms with E-state index in [1.54, 1.807) is 12.5 Å². The van der Waals surface area contributed by atoms with Crippen molar-refractivity contribution in [1.29, 1.82) is 0 Å². The van der Waals surface area contributed by atoms with Crippen LogP contribution in [-0.2, 0) is 5.60 Å². The van der Waals surface area contributed by atoms with Crippen LogP contribution in [-0.4, -0.2) is 5.11 Å². The average Bonchev–Trinajstić information content (AvgIpc) is 2.52. The summed E-state index contributed by atoms with van der Waals surface area (Å²) in [7, 11) is 0. The third kappa shape index (κ3) is 1.71. The lowest BCUT2D eigenvalue weighted by Crippen LogP contribution is -2.36. The first-order valence-electron chi connectivity index (χ1n) is 5.27. The second-order valence-corrected chi connectivity index (χ2v) is 5.24. The quantitative estimate of drug-likeness (QED) is 0.745. The minimum Gasteiger partial charge on any atom is -0.472 e. The number of furan rings is 1. The monoisotopic (exact) mass is 194 g/mol. The van der Waals surface area contributed by atoms with Gasteiger partial charge in [-0.1, -0.05) is 13.8 Å². The van der Waals surface area contributed by atoms with Gasteiger partial charge >= 0.3 is 0 Å². The molecule has 0 saturated heterocycles. The van der Waals surface area contributed by atoms with E-state index in [4.69, 9.17) is 4.42 Å². The first-order chi connectivity index (χ1) is 6.52. The van der Waals surface area contributed by atoms with Crippen molar-refractivity contribution in [2.24, 2.45) is 5.41 Å². The fraction of sp³-hybridized carbons (Fsp3) is 0.667. The molecule has 1 aliphatic carbocycles. The highest BCUT2D eigenvalue weighted by Crippen LogP contribution is 2.46. The van der Waals surface area contributed by atoms with Gasteiger partial charge in [0.05, 0.1) is 18.1 Å². The van der Waals surface area contributed by atoms with Crippen LogP contribution < -0.4 is 0 Å². The zero-order valence-electron chi connectivity index (χ0n) is 8.92. The molecule has 78 valence electrons. The summed E-state index contributed by atoms with van der Waals surface area (Å²) in [6.45, 7) is 4.44. The van der Waals surface area contributed by atoms with E-state index < -0.39 is 5.60 Å². The second-order valence-electron chi connectivity index (χ2n) is 5.24. The fourth-order valence-corrected chi connectivity index (χ4v) is 2.60. The number of aliphatic hydroxyl groups is 1. The van der Waals surface area contributed by atoms with Crippen LogP contribution in [0, 0.1) is 5.41 Å². The summed E-state index contributed by atoms with van der Waals surface area (Å²) in [4.78, 5) is 0. The van der Waals surface area contributed by atoms with Gasteiger partial charge in [0, 0.05) is 5.56 Å². The lowest BCUT2D eigenvalue weighted by atomic mass is 9.68. The molecule has 2 nitrogen and oxygen atoms in total. The van der Waals surface area contributed by atoms with E-state index in [9.17, 15) is 5.11 Å². The predicted octanol–water partition coefficient (Wildman–Crippen LogP) is 3.07. The molecule has 0 aromatic carbocycles. The molecular weight excluding hydrogens is 176 g/mol. The van der Waals surface area contributed by atoms with E-state index in [1.165, 1.54) is 6.42 Å². The summed E-state index contributed by atoms with van der Waals surface area (Å²) >= 11 is 0. The minimum atomic E-state index is -0.658. The maximum absolute atomic E-state index is 10.5. The molecule has 1 aliphatic rings. The number of hydrogen-bond acceptors (Lipinski definition) is 2. The summed E-state index contributed by atoms with van der Waals surface area (Å²) < 4.78 is 5.04. The largest absolute Gasteiger partial charge is 0.472 e. The Kier molecular flexibility index (Phi) is 2.18. The van der Waals surface area contributed by atoms with Crippen molar-refractivity contribution >= 4 is 0 Å². The van der Waals surface area contributed by atoms with Crippen LogP contribution in [0.25, 0.3) is 0 Å². The number of hydrogen-bond donors (Lipinski definition) is 1. The third-order valence-electron chi connectivity index (χ3n) is 3.27. The van der Waals surface area contributed by atoms with Crippen LogP contribution in [0.1, 0.15) is 45.1 Å². The lowest BCUT2D eigenvalue weighted by molar-refractivity contribution is -0.0444. The van der Waals surface area contributed by atoms with Gasteiger partial charge < -0.3 is 9.52 Å². The standard InChI is InChI=1S/C12H18O2/c1-11(2)5-3-6-12(13,9-11)10-4-7-14-8-10/h4,7-8,13H,3,5-6,9H2,1-2H3. The average molecular weight is 194 g/mol. The fourth-order valence-electron chi connectivity index (χ4n) is 2.60. The molecule has 1 atom stereocenters. The summed E-state index contributed by atoms with van der Waals surface area (Å²) in [5, 5.41) is 10.5. The molecule has 0 aliphatic heterocycles. The molecule has 1 fully saturated rings. The van der Waals surface area contributed by atoms with Crippen molar-refractivity contribution in [2.75, 3.05) is 0 Å². The number of rotatable bonds is 1. The van der Waals surface area contributed by atoms with Crippen molar-refractivity contribution in [3.63, 3.8) is 0 Å². The summed E-state index contributed by atoms with van der Waals surface area (Å²) in [6, 6.07) is 1.88. The Hall–Kier alpha value is -0.760. The van der Waals surface area contributed by atoms with Gasteiger partial charge in [0.15, 0.2) is 0 Å². The smallest absolute Gasteiger partial charge is 0.0963 e. The van der Waals surface area contributed by atoms with Crippen LogP contribution in [0.3, 0.4) is 0 Å². The van der Waals surface area contributed by atoms with Gasteiger partial charge in [-0.25, -0.2) is 0 Å². The SMILES string of the molecule is CC1(C)CCCC(O)(c2ccoc2)C1. The summed E-state index contributed by atoms with van der Waals surface area (Å²) in [5.74, 6) is 0. The van der Waals surface area contributed by atoms with Crippen LogP contribution in [0.5, 0.6) is 0 Å². The maximum atomic E-state index is 10.5. The van der Waals surface area contributed by atoms with Crippen molar-refractivity contribution in [3.8, 4) is 0 Å². The molecule has 0 amide bonds. The highest BCUT2D eigenvalue weighted by molar-refractivity contribution is 5.17. The highest BCUT2D eigenvalue weighted by Gasteiger charge is 2.40. The normalized spacial score (nSPS) is 31.6. The zero-order valence-corrected chi connectivity index (χ0v) is 8.92. The van der Waals surface area contributed by atoms with Crippen molar-refractivity contribution < 1.29 is 9.52 Å². The topological polar surface area (TPSA) is 33.4 Å². The van der Waals surface area contributed by atoms with Crippen LogP contribution in [0.4, 0.5) is 0 Å². The van der Waals surface area contributed by atoms with E-state index in [1.807, 2.05) is 6.07 Å². The van der Waals surface area contributed by atoms with Gasteiger partial charge in [0.1, 0.15) is 0 Å². The van der Waals surface area contributed by atoms with E-state index >= 15 is 0 Å². The van der Waals surface area contributed by atoms with Gasteiger partial charge in [-0.3, -0.25) is 0 Å². The van der Waals surface area contributed by atoms with Gasteiger partial charge in [0.2, 0.25) is 0 Å². The molecule has 1 aromatic heterocycles. The lowest BCUT2D eigenvalue weighted by Gasteiger charge is -2.41. The molecule has 0 bridgehead atoms. The Morgan fingerprint density at radius 2 is 2.14 bits per heavy atom. The molecule has 14 heavy (non-hydrogen) atoms. The second kappa shape index (κ2) is 3.13. The zero-order chi connectivity index (χ0) is 10.2. The Morgan fingerprint density at radius 3 is 2.71 bits per heavy atom. The Bertz CT molecular complexity index is 300. The van der Waals surface area contributed by atoms with Gasteiger partial charge in [-0.2, -0.15) is 0 Å². The minimum absolute atomic E-state index is 0.240. The molecule has 2 rings (SSSR count). The van der Waals surface area contributed by atoms with Crippen molar-refractivity contribution in [2.45, 2.75) is 45.1 Å². The van der Waals surface area contributed by atoms with Crippen molar-refractivity contribution in [1.82, 2.24) is 0 Å². The molecule has 1 N–H and O–H groups in total. The van der Waals surface area contributed by atoms with Gasteiger partial charge in [0.25, 0.3) is 0 Å². The third-order valence-corrected chi connectivity index (χ3v) is 3.27. The van der Waals surface area contributed by atoms with E-state index in [-0.39, 0.29) is 5.41 Å². The first kappa shape index (κ1) is 9.78. The van der Waals surface area contributed by atoms with E-state index in [0.717, 1.165) is 24.8 Å². The Labute approximate surface area is 84.9 Å². The van der Waals surface area contributed by atoms with Crippen LogP contribution in [0.15, 0.2) is 23.0 Å². The van der Waals surface area contributed by atoms with Gasteiger partial charge in [-0.15, -0.1) is 0 Å². The van der Waals surface area contributed by atoms with Crippen LogP contribution in [0.2, 0.25) is 0 Å². The molecule has 1 unspecified atom stereocenters. The molecule has 1 heterocycles. The molecule has 0 radical (unpaired) electrons. The van der Waals surface area contributed by atoms with E-state index in [2.05, 4.69) is 13.8 Å². The predicted molar refractivity (Wildman–Crippen MR) is 54.9 cm³/mol. The van der Waals surface area contributed by atoms with Crippen molar-refractivity contribution in [3.05, 3.63) is 24.2 Å². The first-order valence-corrected chi connectivity index (χ1v) is 5.27. The summed E-state index contributed by atoms with van der Waals surface area (Å²) in [5.41, 5.74) is 0.518. The van der Waals surface area contributed by atoms with Crippen LogP contribution >= 0.6 is 0 Å². The molecule has 2 heteroatoms. The molecular formula is C12H18O2. The Morgan fingerprint density at radius 1 is 1.36 bits per heavy atom. The Balaban J connectivity index is 2.24.